The van der Waals surface area contributed by atoms with Gasteiger partial charge >= 0.3 is 0 Å². The normalized spacial score (nSPS) is 18.6. The van der Waals surface area contributed by atoms with Crippen LogP contribution in [0.3, 0.4) is 0 Å². The zero-order valence-electron chi connectivity index (χ0n) is 16.7. The van der Waals surface area contributed by atoms with Crippen molar-refractivity contribution in [2.45, 2.75) is 16.7 Å². The lowest BCUT2D eigenvalue weighted by molar-refractivity contribution is -0.117. The van der Waals surface area contributed by atoms with E-state index >= 15 is 0 Å². The number of Topliss-reactive ketones (excluding diaryl/α,β-unsaturated/α-hetero) is 1. The van der Waals surface area contributed by atoms with Crippen molar-refractivity contribution < 1.29 is 18.4 Å². The van der Waals surface area contributed by atoms with Gasteiger partial charge in [-0.25, -0.2) is 8.78 Å². The number of amides is 1. The highest BCUT2D eigenvalue weighted by atomic mass is 127. The minimum absolute atomic E-state index is 0.0410. The second-order valence-electron chi connectivity index (χ2n) is 7.70. The van der Waals surface area contributed by atoms with Gasteiger partial charge in [-0.15, -0.1) is 23.2 Å². The Hall–Kier alpha value is -1.74. The predicted octanol–water partition coefficient (Wildman–Crippen LogP) is 7.17. The van der Waals surface area contributed by atoms with Crippen molar-refractivity contribution in [2.75, 3.05) is 5.32 Å². The smallest absolute Gasteiger partial charge is 0.231 e. The van der Waals surface area contributed by atoms with Gasteiger partial charge in [-0.05, 0) is 70.1 Å². The number of benzene rings is 3. The van der Waals surface area contributed by atoms with E-state index < -0.39 is 33.6 Å². The van der Waals surface area contributed by atoms with Gasteiger partial charge in [-0.2, -0.15) is 0 Å². The Morgan fingerprint density at radius 3 is 2.36 bits per heavy atom. The van der Waals surface area contributed by atoms with Crippen LogP contribution in [0.25, 0.3) is 0 Å². The first-order valence-electron chi connectivity index (χ1n) is 9.78. The van der Waals surface area contributed by atoms with E-state index in [4.69, 9.17) is 34.8 Å². The molecule has 0 aliphatic heterocycles. The van der Waals surface area contributed by atoms with E-state index in [0.717, 1.165) is 15.2 Å². The van der Waals surface area contributed by atoms with Crippen molar-refractivity contribution in [1.29, 1.82) is 0 Å². The minimum atomic E-state index is -1.25. The van der Waals surface area contributed by atoms with Gasteiger partial charge in [0.25, 0.3) is 0 Å². The Morgan fingerprint density at radius 2 is 1.70 bits per heavy atom. The Bertz CT molecular complexity index is 1250. The highest BCUT2D eigenvalue weighted by molar-refractivity contribution is 14.1. The average Bonchev–Trinajstić information content (AvgIpc) is 3.34. The molecular weight excluding hydrogens is 606 g/mol. The third-order valence-corrected chi connectivity index (χ3v) is 7.45. The maximum atomic E-state index is 13.9. The van der Waals surface area contributed by atoms with Crippen LogP contribution >= 0.6 is 57.4 Å². The van der Waals surface area contributed by atoms with Gasteiger partial charge in [0.2, 0.25) is 5.91 Å². The third-order valence-electron chi connectivity index (χ3n) is 5.47. The molecule has 0 bridgehead atoms. The molecule has 3 aromatic rings. The summed E-state index contributed by atoms with van der Waals surface area (Å²) in [6, 6.07) is 15.0. The highest BCUT2D eigenvalue weighted by Gasteiger charge is 2.67. The number of carbonyl (C=O) groups is 2. The van der Waals surface area contributed by atoms with Crippen LogP contribution in [0.2, 0.25) is 5.02 Å². The summed E-state index contributed by atoms with van der Waals surface area (Å²) >= 11 is 21.1. The molecule has 170 valence electrons. The Balaban J connectivity index is 1.50. The molecule has 0 heterocycles. The van der Waals surface area contributed by atoms with E-state index in [-0.39, 0.29) is 28.5 Å². The molecule has 3 nitrogen and oxygen atoms in total. The van der Waals surface area contributed by atoms with Gasteiger partial charge in [0.05, 0.1) is 10.9 Å². The van der Waals surface area contributed by atoms with Crippen LogP contribution in [0.5, 0.6) is 0 Å². The number of ketones is 1. The number of anilines is 1. The second-order valence-corrected chi connectivity index (χ2v) is 10.8. The third kappa shape index (κ3) is 5.19. The lowest BCUT2D eigenvalue weighted by Gasteiger charge is -2.10. The van der Waals surface area contributed by atoms with E-state index in [1.165, 1.54) is 18.2 Å². The summed E-state index contributed by atoms with van der Waals surface area (Å²) in [6.45, 7) is 0. The molecule has 0 spiro atoms. The number of alkyl halides is 2. The molecule has 1 saturated carbocycles. The number of carbonyl (C=O) groups excluding carboxylic acids is 2. The summed E-state index contributed by atoms with van der Waals surface area (Å²) < 4.78 is 26.9. The summed E-state index contributed by atoms with van der Waals surface area (Å²) in [6.07, 6.45) is -0.312. The summed E-state index contributed by atoms with van der Waals surface area (Å²) in [5, 5.41) is 2.88. The first kappa shape index (κ1) is 24.4. The first-order valence-corrected chi connectivity index (χ1v) is 12.0. The van der Waals surface area contributed by atoms with E-state index in [2.05, 4.69) is 27.9 Å². The van der Waals surface area contributed by atoms with E-state index in [1.807, 2.05) is 24.3 Å². The number of hydrogen-bond donors (Lipinski definition) is 1. The maximum Gasteiger partial charge on any atom is 0.231 e. The fourth-order valence-corrected chi connectivity index (χ4v) is 5.12. The Kier molecular flexibility index (Phi) is 7.01. The van der Waals surface area contributed by atoms with Gasteiger partial charge in [0.1, 0.15) is 16.0 Å². The van der Waals surface area contributed by atoms with Crippen LogP contribution in [-0.2, 0) is 11.2 Å². The molecule has 33 heavy (non-hydrogen) atoms. The molecule has 1 aliphatic rings. The van der Waals surface area contributed by atoms with Gasteiger partial charge < -0.3 is 5.32 Å². The monoisotopic (exact) mass is 619 g/mol. The molecule has 0 aromatic heterocycles. The Labute approximate surface area is 217 Å². The quantitative estimate of drug-likeness (QED) is 0.180. The molecule has 1 N–H and O–H groups in total. The molecule has 1 fully saturated rings. The number of halogens is 6. The molecular formula is C24H15Cl3F2INO2. The van der Waals surface area contributed by atoms with Crippen molar-refractivity contribution in [2.24, 2.45) is 5.92 Å². The average molecular weight is 621 g/mol. The largest absolute Gasteiger partial charge is 0.326 e. The van der Waals surface area contributed by atoms with Crippen molar-refractivity contribution in [3.63, 3.8) is 0 Å². The van der Waals surface area contributed by atoms with E-state index in [0.29, 0.717) is 11.8 Å². The molecule has 2 unspecified atom stereocenters. The zero-order chi connectivity index (χ0) is 23.9. The van der Waals surface area contributed by atoms with Crippen LogP contribution in [-0.4, -0.2) is 16.0 Å². The van der Waals surface area contributed by atoms with Crippen molar-refractivity contribution in [1.82, 2.24) is 0 Å². The predicted molar refractivity (Wildman–Crippen MR) is 134 cm³/mol. The standard InChI is InChI=1S/C24H15Cl3F2INO2/c25-18-8-7-16(11-17(18)20(32)9-13-1-4-14(28)10-19(13)29)31-23(33)22-21(24(22,26)27)12-2-5-15(30)6-3-12/h1-8,10-11,21-22H,9H2,(H,31,33). The van der Waals surface area contributed by atoms with Gasteiger partial charge in [0, 0.05) is 33.2 Å². The molecule has 0 radical (unpaired) electrons. The summed E-state index contributed by atoms with van der Waals surface area (Å²) in [7, 11) is 0. The van der Waals surface area contributed by atoms with Crippen molar-refractivity contribution in [3.8, 4) is 0 Å². The van der Waals surface area contributed by atoms with Crippen LogP contribution in [0.4, 0.5) is 14.5 Å². The molecule has 9 heteroatoms. The summed E-state index contributed by atoms with van der Waals surface area (Å²) in [5.41, 5.74) is 1.32. The number of rotatable bonds is 6. The topological polar surface area (TPSA) is 46.2 Å². The number of nitrogens with one attached hydrogen (secondary N) is 1. The maximum absolute atomic E-state index is 13.9. The first-order chi connectivity index (χ1) is 15.6. The van der Waals surface area contributed by atoms with Crippen LogP contribution < -0.4 is 5.32 Å². The summed E-state index contributed by atoms with van der Waals surface area (Å²) in [5.74, 6) is -3.47. The highest BCUT2D eigenvalue weighted by Crippen LogP contribution is 2.65. The van der Waals surface area contributed by atoms with Crippen LogP contribution in [0.1, 0.15) is 27.4 Å². The number of hydrogen-bond acceptors (Lipinski definition) is 2. The van der Waals surface area contributed by atoms with Gasteiger partial charge in [0.15, 0.2) is 5.78 Å². The van der Waals surface area contributed by atoms with Crippen molar-refractivity contribution in [3.05, 3.63) is 97.6 Å². The fraction of sp³-hybridized carbons (Fsp3) is 0.167. The molecule has 0 saturated heterocycles. The lowest BCUT2D eigenvalue weighted by Crippen LogP contribution is -2.17. The van der Waals surface area contributed by atoms with Crippen LogP contribution in [0, 0.1) is 21.1 Å². The van der Waals surface area contributed by atoms with Crippen LogP contribution in [0.15, 0.2) is 60.7 Å². The van der Waals surface area contributed by atoms with Gasteiger partial charge in [-0.1, -0.05) is 29.8 Å². The molecule has 4 rings (SSSR count). The molecule has 1 aliphatic carbocycles. The molecule has 2 atom stereocenters. The van der Waals surface area contributed by atoms with E-state index in [9.17, 15) is 18.4 Å². The zero-order valence-corrected chi connectivity index (χ0v) is 21.1. The summed E-state index contributed by atoms with van der Waals surface area (Å²) in [4.78, 5) is 25.6. The van der Waals surface area contributed by atoms with Gasteiger partial charge in [-0.3, -0.25) is 9.59 Å². The minimum Gasteiger partial charge on any atom is -0.326 e. The van der Waals surface area contributed by atoms with E-state index in [1.54, 1.807) is 6.07 Å². The fourth-order valence-electron chi connectivity index (χ4n) is 3.71. The van der Waals surface area contributed by atoms with Crippen molar-refractivity contribution >= 4 is 74.8 Å². The SMILES string of the molecule is O=C(Cc1ccc(F)cc1F)c1cc(NC(=O)C2C(c3ccc(I)cc3)C2(Cl)Cl)ccc1Cl. The molecule has 1 amide bonds. The molecule has 3 aromatic carbocycles. The Morgan fingerprint density at radius 1 is 1.00 bits per heavy atom. The second kappa shape index (κ2) is 9.49. The lowest BCUT2D eigenvalue weighted by atomic mass is 10.0.